The number of nitrogens with one attached hydrogen (secondary N) is 2. The Hall–Kier alpha value is -3.14. The molecular weight excluding hydrogens is 1580 g/mol. The molecule has 0 aromatic carbocycles. The van der Waals surface area contributed by atoms with Gasteiger partial charge < -0.3 is 197 Å². The van der Waals surface area contributed by atoms with Gasteiger partial charge in [-0.1, -0.05) is 70.1 Å². The summed E-state index contributed by atoms with van der Waals surface area (Å²) < 4.78 is 27.1. The highest BCUT2D eigenvalue weighted by Gasteiger charge is 2.44. The third kappa shape index (κ3) is 59.5. The Balaban J connectivity index is -0.000000209. The number of hydrogen-bond donors (Lipinski definition) is 33. The monoisotopic (exact) mass is 1720 g/mol. The Bertz CT molecular complexity index is 1980. The van der Waals surface area contributed by atoms with Crippen LogP contribution < -0.4 is 10.6 Å². The lowest BCUT2D eigenvalue weighted by Crippen LogP contribution is -2.55. The SMILES string of the molecule is CC(C)(SSC(C)(C)C(NC(=O)OCC(CO)(CO)CO)C(=O)O)C(NC(=O)OCC(CO)(CO)CO)C(=O)O.CC(CO)C(O)C(O)C(O)CO.CCC(CC)(CO)CO.CCC(CO)(CO)CO.CCC(CO)OCC(O)COC(CO)CO.CCC(O)CO.CCC(O)COCC(O)CO.OCC(CO)OC(CO)CO. The van der Waals surface area contributed by atoms with Crippen LogP contribution in [0, 0.1) is 27.6 Å². The third-order valence-corrected chi connectivity index (χ3v) is 21.2. The van der Waals surface area contributed by atoms with Crippen LogP contribution in [0.3, 0.4) is 0 Å². The summed E-state index contributed by atoms with van der Waals surface area (Å²) in [5.41, 5.74) is -3.95. The summed E-state index contributed by atoms with van der Waals surface area (Å²) in [6, 6.07) is -3.16. The number of aliphatic hydroxyl groups excluding tert-OH is 29. The summed E-state index contributed by atoms with van der Waals surface area (Å²) in [7, 11) is 1.79. The first-order valence-electron chi connectivity index (χ1n) is 36.7. The number of rotatable bonds is 56. The Kier molecular flexibility index (Phi) is 84.3. The molecule has 0 spiro atoms. The zero-order chi connectivity index (χ0) is 90.5. The zero-order valence-corrected chi connectivity index (χ0v) is 69.5. The Morgan fingerprint density at radius 2 is 0.649 bits per heavy atom. The predicted molar refractivity (Wildman–Crippen MR) is 413 cm³/mol. The third-order valence-electron chi connectivity index (χ3n) is 16.9. The van der Waals surface area contributed by atoms with Crippen molar-refractivity contribution in [3.8, 4) is 0 Å². The number of ether oxygens (including phenoxy) is 6. The number of hydrogen-bond acceptors (Lipinski definition) is 41. The molecule has 11 unspecified atom stereocenters. The number of carbonyl (C=O) groups is 4. The molecule has 114 heavy (non-hydrogen) atoms. The van der Waals surface area contributed by atoms with Crippen LogP contribution >= 0.6 is 21.6 Å². The van der Waals surface area contributed by atoms with Gasteiger partial charge in [0.15, 0.2) is 0 Å². The molecule has 0 saturated carbocycles. The average molecular weight is 1730 g/mol. The van der Waals surface area contributed by atoms with E-state index >= 15 is 0 Å². The van der Waals surface area contributed by atoms with Crippen molar-refractivity contribution >= 4 is 45.7 Å². The minimum absolute atomic E-state index is 0.0202. The van der Waals surface area contributed by atoms with Gasteiger partial charge in [0.2, 0.25) is 0 Å². The van der Waals surface area contributed by atoms with E-state index in [0.717, 1.165) is 34.4 Å². The molecule has 0 fully saturated rings. The van der Waals surface area contributed by atoms with Crippen LogP contribution in [0.4, 0.5) is 9.59 Å². The van der Waals surface area contributed by atoms with Gasteiger partial charge in [-0.05, 0) is 66.2 Å². The zero-order valence-electron chi connectivity index (χ0n) is 67.9. The minimum Gasteiger partial charge on any atom is -0.480 e. The number of carboxylic acids is 2. The van der Waals surface area contributed by atoms with Crippen molar-refractivity contribution in [3.63, 3.8) is 0 Å². The normalized spacial score (nSPS) is 14.7. The molecule has 0 aromatic heterocycles. The first-order chi connectivity index (χ1) is 53.4. The summed E-state index contributed by atoms with van der Waals surface area (Å²) >= 11 is 0. The van der Waals surface area contributed by atoms with Crippen LogP contribution in [-0.2, 0) is 38.0 Å². The number of aliphatic carboxylic acids is 2. The lowest BCUT2D eigenvalue weighted by molar-refractivity contribution is -0.141. The fraction of sp³-hybridized carbons (Fsp3) is 0.942. The maximum atomic E-state index is 12.3. The minimum atomic E-state index is -1.58. The molecule has 0 saturated heterocycles. The van der Waals surface area contributed by atoms with Crippen molar-refractivity contribution in [3.05, 3.63) is 0 Å². The molecule has 0 aliphatic rings. The highest BCUT2D eigenvalue weighted by Crippen LogP contribution is 2.47. The van der Waals surface area contributed by atoms with Gasteiger partial charge in [-0.2, -0.15) is 0 Å². The lowest BCUT2D eigenvalue weighted by Gasteiger charge is -2.36. The van der Waals surface area contributed by atoms with E-state index in [0.29, 0.717) is 25.7 Å². The second-order valence-corrected chi connectivity index (χ2v) is 30.8. The van der Waals surface area contributed by atoms with Crippen LogP contribution in [0.25, 0.3) is 0 Å². The van der Waals surface area contributed by atoms with E-state index in [-0.39, 0.29) is 137 Å². The number of carbonyl (C=O) groups excluding carboxylic acids is 2. The maximum Gasteiger partial charge on any atom is 0.407 e. The van der Waals surface area contributed by atoms with Gasteiger partial charge in [-0.25, -0.2) is 19.2 Å². The van der Waals surface area contributed by atoms with Gasteiger partial charge in [0, 0.05) is 23.4 Å². The van der Waals surface area contributed by atoms with Crippen molar-refractivity contribution in [1.29, 1.82) is 0 Å². The smallest absolute Gasteiger partial charge is 0.407 e. The molecule has 0 aliphatic heterocycles. The predicted octanol–water partition coefficient (Wildman–Crippen LogP) is -8.87. The molecule has 0 heterocycles. The highest BCUT2D eigenvalue weighted by molar-refractivity contribution is 8.77. The quantitative estimate of drug-likeness (QED) is 0.0252. The van der Waals surface area contributed by atoms with E-state index in [2.05, 4.69) is 10.6 Å². The van der Waals surface area contributed by atoms with Crippen molar-refractivity contribution in [2.24, 2.45) is 27.6 Å². The molecule has 0 radical (unpaired) electrons. The van der Waals surface area contributed by atoms with Gasteiger partial charge in [0.05, 0.1) is 210 Å². The van der Waals surface area contributed by atoms with Crippen molar-refractivity contribution in [2.45, 2.75) is 203 Å². The maximum absolute atomic E-state index is 12.3. The molecule has 692 valence electrons. The number of alkyl carbamates (subject to hydrolysis) is 2. The van der Waals surface area contributed by atoms with E-state index in [1.54, 1.807) is 0 Å². The number of aliphatic hydroxyl groups is 29. The van der Waals surface area contributed by atoms with Crippen LogP contribution in [0.5, 0.6) is 0 Å². The van der Waals surface area contributed by atoms with E-state index in [9.17, 15) is 70.2 Å². The molecule has 33 N–H and O–H groups in total. The molecule has 11 atom stereocenters. The topological polar surface area (TPSA) is 775 Å². The van der Waals surface area contributed by atoms with Crippen LogP contribution in [0.15, 0.2) is 0 Å². The van der Waals surface area contributed by atoms with Crippen LogP contribution in [-0.4, -0.2) is 456 Å². The molecule has 0 aliphatic carbocycles. The Morgan fingerprint density at radius 1 is 0.342 bits per heavy atom. The summed E-state index contributed by atoms with van der Waals surface area (Å²) in [4.78, 5) is 48.5. The summed E-state index contributed by atoms with van der Waals surface area (Å²) in [6.45, 7) is 9.96. The van der Waals surface area contributed by atoms with Crippen molar-refractivity contribution < 1.29 is 206 Å². The summed E-state index contributed by atoms with van der Waals surface area (Å²) in [5.74, 6) is -3.44. The van der Waals surface area contributed by atoms with Gasteiger partial charge in [0.1, 0.15) is 68.0 Å². The van der Waals surface area contributed by atoms with Crippen molar-refractivity contribution in [1.82, 2.24) is 10.6 Å². The largest absolute Gasteiger partial charge is 0.480 e. The van der Waals surface area contributed by atoms with E-state index in [4.69, 9.17) is 136 Å². The van der Waals surface area contributed by atoms with E-state index in [1.807, 2.05) is 41.5 Å². The van der Waals surface area contributed by atoms with Crippen LogP contribution in [0.2, 0.25) is 0 Å². The summed E-state index contributed by atoms with van der Waals surface area (Å²) in [5, 5.41) is 280. The molecule has 0 rings (SSSR count). The number of amides is 2. The second kappa shape index (κ2) is 76.0. The molecular formula is C69H148N2O41S2. The average Bonchev–Trinajstić information content (AvgIpc) is 0.815. The number of carboxylic acid groups (broad SMARTS) is 2. The van der Waals surface area contributed by atoms with Gasteiger partial charge in [0.25, 0.3) is 0 Å². The fourth-order valence-corrected chi connectivity index (χ4v) is 9.73. The van der Waals surface area contributed by atoms with E-state index in [1.165, 1.54) is 34.6 Å². The first-order valence-corrected chi connectivity index (χ1v) is 38.9. The molecule has 45 heteroatoms. The fourth-order valence-electron chi connectivity index (χ4n) is 6.92. The van der Waals surface area contributed by atoms with Gasteiger partial charge in [-0.3, -0.25) is 0 Å². The molecule has 2 amide bonds. The Morgan fingerprint density at radius 3 is 0.868 bits per heavy atom. The lowest BCUT2D eigenvalue weighted by atomic mass is 9.84. The second-order valence-electron chi connectivity index (χ2n) is 27.4. The van der Waals surface area contributed by atoms with Crippen molar-refractivity contribution in [2.75, 3.05) is 185 Å². The van der Waals surface area contributed by atoms with Gasteiger partial charge >= 0.3 is 24.1 Å². The summed E-state index contributed by atoms with van der Waals surface area (Å²) in [6.07, 6.45) is -7.25. The van der Waals surface area contributed by atoms with Gasteiger partial charge in [-0.15, -0.1) is 0 Å². The Labute approximate surface area is 675 Å². The highest BCUT2D eigenvalue weighted by atomic mass is 33.1. The molecule has 0 aromatic rings. The molecule has 43 nitrogen and oxygen atoms in total. The van der Waals surface area contributed by atoms with E-state index < -0.39 is 188 Å². The first kappa shape index (κ1) is 126. The van der Waals surface area contributed by atoms with Crippen LogP contribution in [0.1, 0.15) is 115 Å². The standard InChI is InChI=1S/C22H40N2O14S2.C10H22O6.C7H16O5.C7H16O4.C7H16O2.C6H14O5.C6H14O3.C4H10O2/c1-19(2,13(15(31)32)23-17(35)37-11-21(5-25,6-26)7-27)39-40-20(3,4)14(16(33)34)24-18(36)38-12-22(8-28,9-29)10-30;1-2-9(3-11)15-6-8(14)7-16-10(4-12)5-13;1-4(2-8)6(11)7(12)5(10)3-9;1-2-6(9)4-11-5-7(10)3-8;1-3-7(4-2,5-8)6-9;7-1-5(2-8)11-6(3-9)4-10;1-2-6(3-7,4-8)5-9;1-2-4(6)3-5/h13-14,25-30H,5-12H2,1-4H3,(H,23,35)(H,24,36)(H,31,32)(H,33,34);8-14H,2-7H2,1H3;4-12H,2-3H2,1H3;6-10H,2-5H2,1H3;8-9H,3-6H2,1-2H3;5-10H,1-4H2;7-9H,2-5H2,1H3;4-6H,2-3H2,1H3. The molecule has 0 bridgehead atoms.